The van der Waals surface area contributed by atoms with Crippen LogP contribution in [0.15, 0.2) is 0 Å². The van der Waals surface area contributed by atoms with Crippen LogP contribution in [0.1, 0.15) is 36.4 Å². The zero-order valence-corrected chi connectivity index (χ0v) is 12.0. The summed E-state index contributed by atoms with van der Waals surface area (Å²) in [5.41, 5.74) is 0.815. The first-order chi connectivity index (χ1) is 8.81. The van der Waals surface area contributed by atoms with Crippen molar-refractivity contribution in [1.82, 2.24) is 10.3 Å². The summed E-state index contributed by atoms with van der Waals surface area (Å²) in [6.45, 7) is 2.93. The summed E-state index contributed by atoms with van der Waals surface area (Å²) in [4.78, 5) is 6.74. The van der Waals surface area contributed by atoms with Crippen LogP contribution in [-0.2, 0) is 0 Å². The third kappa shape index (κ3) is 3.60. The molecular formula is C12H18F3N3S. The molecule has 1 unspecified atom stereocenters. The predicted molar refractivity (Wildman–Crippen MR) is 70.7 cm³/mol. The van der Waals surface area contributed by atoms with Gasteiger partial charge in [-0.05, 0) is 33.7 Å². The fraction of sp³-hybridized carbons (Fsp3) is 0.750. The number of aromatic nitrogens is 1. The van der Waals surface area contributed by atoms with Crippen LogP contribution in [0.4, 0.5) is 18.3 Å². The lowest BCUT2D eigenvalue weighted by molar-refractivity contribution is -0.120. The fourth-order valence-corrected chi connectivity index (χ4v) is 3.18. The van der Waals surface area contributed by atoms with Crippen molar-refractivity contribution in [3.63, 3.8) is 0 Å². The Hall–Kier alpha value is -0.820. The quantitative estimate of drug-likeness (QED) is 0.903. The molecule has 0 amide bonds. The van der Waals surface area contributed by atoms with Gasteiger partial charge in [0.1, 0.15) is 6.54 Å². The SMILES string of the molecule is CNC(C)c1sc(N(CC(F)(F)F)C2CC2)nc1C. The minimum absolute atomic E-state index is 0.00455. The minimum atomic E-state index is -4.18. The molecule has 0 saturated heterocycles. The Morgan fingerprint density at radius 3 is 2.58 bits per heavy atom. The Balaban J connectivity index is 2.22. The Morgan fingerprint density at radius 1 is 1.47 bits per heavy atom. The molecule has 1 heterocycles. The second-order valence-corrected chi connectivity index (χ2v) is 5.94. The van der Waals surface area contributed by atoms with Gasteiger partial charge in [0.2, 0.25) is 0 Å². The highest BCUT2D eigenvalue weighted by molar-refractivity contribution is 7.15. The van der Waals surface area contributed by atoms with Gasteiger partial charge in [0.25, 0.3) is 0 Å². The molecule has 1 fully saturated rings. The van der Waals surface area contributed by atoms with Gasteiger partial charge in [-0.1, -0.05) is 11.3 Å². The van der Waals surface area contributed by atoms with Gasteiger partial charge in [-0.2, -0.15) is 13.2 Å². The van der Waals surface area contributed by atoms with Crippen molar-refractivity contribution in [2.24, 2.45) is 0 Å². The van der Waals surface area contributed by atoms with Crippen molar-refractivity contribution >= 4 is 16.5 Å². The summed E-state index contributed by atoms with van der Waals surface area (Å²) >= 11 is 1.36. The number of rotatable bonds is 5. The smallest absolute Gasteiger partial charge is 0.336 e. The molecule has 19 heavy (non-hydrogen) atoms. The molecule has 2 rings (SSSR count). The summed E-state index contributed by atoms with van der Waals surface area (Å²) in [5.74, 6) is 0. The molecule has 0 aliphatic heterocycles. The van der Waals surface area contributed by atoms with Crippen molar-refractivity contribution in [2.45, 2.75) is 44.9 Å². The van der Waals surface area contributed by atoms with Gasteiger partial charge < -0.3 is 10.2 Å². The van der Waals surface area contributed by atoms with Crippen LogP contribution in [0.3, 0.4) is 0 Å². The van der Waals surface area contributed by atoms with Gasteiger partial charge in [0.15, 0.2) is 5.13 Å². The summed E-state index contributed by atoms with van der Waals surface area (Å²) in [5, 5.41) is 3.59. The third-order valence-electron chi connectivity index (χ3n) is 3.23. The normalized spacial score (nSPS) is 17.6. The topological polar surface area (TPSA) is 28.2 Å². The lowest BCUT2D eigenvalue weighted by atomic mass is 10.2. The first-order valence-electron chi connectivity index (χ1n) is 6.30. The van der Waals surface area contributed by atoms with E-state index < -0.39 is 12.7 Å². The lowest BCUT2D eigenvalue weighted by Crippen LogP contribution is -2.35. The Bertz CT molecular complexity index is 440. The summed E-state index contributed by atoms with van der Waals surface area (Å²) < 4.78 is 37.9. The van der Waals surface area contributed by atoms with Crippen LogP contribution in [-0.4, -0.2) is 30.8 Å². The highest BCUT2D eigenvalue weighted by Crippen LogP contribution is 2.38. The predicted octanol–water partition coefficient (Wildman–Crippen LogP) is 3.26. The number of anilines is 1. The van der Waals surface area contributed by atoms with Crippen molar-refractivity contribution in [3.8, 4) is 0 Å². The number of nitrogens with one attached hydrogen (secondary N) is 1. The van der Waals surface area contributed by atoms with E-state index in [0.29, 0.717) is 5.13 Å². The standard InChI is InChI=1S/C12H18F3N3S/c1-7(16-3)10-8(2)17-11(19-10)18(9-4-5-9)6-12(13,14)15/h7,9,16H,4-6H2,1-3H3. The lowest BCUT2D eigenvalue weighted by Gasteiger charge is -2.22. The molecule has 108 valence electrons. The Labute approximate surface area is 114 Å². The molecule has 0 bridgehead atoms. The monoisotopic (exact) mass is 293 g/mol. The van der Waals surface area contributed by atoms with Crippen molar-refractivity contribution < 1.29 is 13.2 Å². The maximum Gasteiger partial charge on any atom is 0.406 e. The number of aryl methyl sites for hydroxylation is 1. The van der Waals surface area contributed by atoms with Crippen molar-refractivity contribution in [2.75, 3.05) is 18.5 Å². The zero-order chi connectivity index (χ0) is 14.2. The summed E-state index contributed by atoms with van der Waals surface area (Å²) in [7, 11) is 1.83. The maximum atomic E-state index is 12.6. The van der Waals surface area contributed by atoms with E-state index in [9.17, 15) is 13.2 Å². The van der Waals surface area contributed by atoms with E-state index in [4.69, 9.17) is 0 Å². The second-order valence-electron chi connectivity index (χ2n) is 4.93. The first kappa shape index (κ1) is 14.6. The van der Waals surface area contributed by atoms with Gasteiger partial charge in [-0.15, -0.1) is 0 Å². The van der Waals surface area contributed by atoms with Gasteiger partial charge in [-0.3, -0.25) is 0 Å². The van der Waals surface area contributed by atoms with Crippen LogP contribution in [0, 0.1) is 6.92 Å². The molecule has 0 spiro atoms. The van der Waals surface area contributed by atoms with Gasteiger partial charge in [0, 0.05) is 17.0 Å². The van der Waals surface area contributed by atoms with E-state index in [1.807, 2.05) is 20.9 Å². The van der Waals surface area contributed by atoms with E-state index in [-0.39, 0.29) is 12.1 Å². The molecule has 0 aromatic carbocycles. The van der Waals surface area contributed by atoms with Crippen molar-refractivity contribution in [3.05, 3.63) is 10.6 Å². The summed E-state index contributed by atoms with van der Waals surface area (Å²) in [6.07, 6.45) is -2.53. The van der Waals surface area contributed by atoms with Crippen LogP contribution in [0.5, 0.6) is 0 Å². The molecular weight excluding hydrogens is 275 g/mol. The van der Waals surface area contributed by atoms with Gasteiger partial charge in [-0.25, -0.2) is 4.98 Å². The number of halogens is 3. The highest BCUT2D eigenvalue weighted by Gasteiger charge is 2.39. The zero-order valence-electron chi connectivity index (χ0n) is 11.2. The average molecular weight is 293 g/mol. The third-order valence-corrected chi connectivity index (χ3v) is 4.61. The van der Waals surface area contributed by atoms with Crippen LogP contribution in [0.2, 0.25) is 0 Å². The molecule has 1 aliphatic carbocycles. The van der Waals surface area contributed by atoms with Gasteiger partial charge >= 0.3 is 6.18 Å². The van der Waals surface area contributed by atoms with Crippen molar-refractivity contribution in [1.29, 1.82) is 0 Å². The maximum absolute atomic E-state index is 12.6. The largest absolute Gasteiger partial charge is 0.406 e. The van der Waals surface area contributed by atoms with Crippen LogP contribution in [0.25, 0.3) is 0 Å². The molecule has 1 aromatic heterocycles. The number of hydrogen-bond acceptors (Lipinski definition) is 4. The van der Waals surface area contributed by atoms with E-state index in [0.717, 1.165) is 23.4 Å². The average Bonchev–Trinajstić information content (AvgIpc) is 3.07. The molecule has 7 heteroatoms. The van der Waals surface area contributed by atoms with E-state index in [2.05, 4.69) is 10.3 Å². The molecule has 0 radical (unpaired) electrons. The van der Waals surface area contributed by atoms with Crippen LogP contribution >= 0.6 is 11.3 Å². The number of thiazole rings is 1. The Morgan fingerprint density at radius 2 is 2.11 bits per heavy atom. The molecule has 1 aromatic rings. The van der Waals surface area contributed by atoms with Crippen LogP contribution < -0.4 is 10.2 Å². The molecule has 3 nitrogen and oxygen atoms in total. The van der Waals surface area contributed by atoms with E-state index in [1.54, 1.807) is 0 Å². The first-order valence-corrected chi connectivity index (χ1v) is 7.11. The van der Waals surface area contributed by atoms with Gasteiger partial charge in [0.05, 0.1) is 5.69 Å². The van der Waals surface area contributed by atoms with E-state index in [1.165, 1.54) is 16.2 Å². The molecule has 1 N–H and O–H groups in total. The fourth-order valence-electron chi connectivity index (χ4n) is 1.98. The minimum Gasteiger partial charge on any atom is -0.336 e. The van der Waals surface area contributed by atoms with E-state index >= 15 is 0 Å². The number of hydrogen-bond donors (Lipinski definition) is 1. The Kier molecular flexibility index (Phi) is 4.06. The second kappa shape index (κ2) is 5.28. The number of alkyl halides is 3. The molecule has 1 aliphatic rings. The summed E-state index contributed by atoms with van der Waals surface area (Å²) in [6, 6.07) is 0.114. The molecule has 1 saturated carbocycles. The molecule has 1 atom stereocenters. The highest BCUT2D eigenvalue weighted by atomic mass is 32.1. The number of nitrogens with zero attached hydrogens (tertiary/aromatic N) is 2.